The second-order valence-corrected chi connectivity index (χ2v) is 5.87. The summed E-state index contributed by atoms with van der Waals surface area (Å²) in [7, 11) is 0. The van der Waals surface area contributed by atoms with E-state index in [-0.39, 0.29) is 0 Å². The number of benzene rings is 2. The van der Waals surface area contributed by atoms with Crippen LogP contribution in [-0.4, -0.2) is 9.55 Å². The van der Waals surface area contributed by atoms with Crippen LogP contribution in [0.15, 0.2) is 54.9 Å². The minimum atomic E-state index is -0.570. The van der Waals surface area contributed by atoms with Gasteiger partial charge in [0.05, 0.1) is 6.54 Å². The quantitative estimate of drug-likeness (QED) is 0.597. The Balaban J connectivity index is 1.94. The van der Waals surface area contributed by atoms with E-state index in [1.54, 1.807) is 12.4 Å². The Morgan fingerprint density at radius 3 is 2.52 bits per heavy atom. The van der Waals surface area contributed by atoms with Crippen molar-refractivity contribution in [3.63, 3.8) is 0 Å². The molecule has 0 aliphatic heterocycles. The number of imidazole rings is 1. The number of halogens is 3. The first-order valence-electron chi connectivity index (χ1n) is 6.34. The summed E-state index contributed by atoms with van der Waals surface area (Å²) in [6.07, 6.45) is 3.46. The summed E-state index contributed by atoms with van der Waals surface area (Å²) >= 11 is 2.24. The highest BCUT2D eigenvalue weighted by atomic mass is 127. The van der Waals surface area contributed by atoms with Crippen molar-refractivity contribution in [1.29, 1.82) is 0 Å². The summed E-state index contributed by atoms with van der Waals surface area (Å²) < 4.78 is 29.7. The van der Waals surface area contributed by atoms with Crippen LogP contribution in [0.5, 0.6) is 0 Å². The molecule has 0 atom stereocenters. The Kier molecular flexibility index (Phi) is 4.01. The van der Waals surface area contributed by atoms with Crippen molar-refractivity contribution in [3.8, 4) is 11.4 Å². The monoisotopic (exact) mass is 396 g/mol. The van der Waals surface area contributed by atoms with E-state index in [4.69, 9.17) is 0 Å². The second kappa shape index (κ2) is 5.93. The Morgan fingerprint density at radius 1 is 1.05 bits per heavy atom. The van der Waals surface area contributed by atoms with Crippen LogP contribution in [0.1, 0.15) is 5.56 Å². The number of hydrogen-bond acceptors (Lipinski definition) is 1. The van der Waals surface area contributed by atoms with Gasteiger partial charge >= 0.3 is 0 Å². The minimum Gasteiger partial charge on any atom is -0.326 e. The Bertz CT molecular complexity index is 766. The second-order valence-electron chi connectivity index (χ2n) is 4.62. The fourth-order valence-corrected chi connectivity index (χ4v) is 2.49. The van der Waals surface area contributed by atoms with Crippen LogP contribution < -0.4 is 0 Å². The molecular formula is C16H11F2IN2. The molecule has 0 aliphatic rings. The summed E-state index contributed by atoms with van der Waals surface area (Å²) in [5.74, 6) is -0.355. The molecule has 106 valence electrons. The largest absolute Gasteiger partial charge is 0.326 e. The van der Waals surface area contributed by atoms with E-state index in [1.807, 2.05) is 28.8 Å². The molecule has 0 saturated carbocycles. The molecule has 3 aromatic rings. The predicted molar refractivity (Wildman–Crippen MR) is 85.8 cm³/mol. The van der Waals surface area contributed by atoms with Gasteiger partial charge in [-0.25, -0.2) is 13.8 Å². The molecule has 0 fully saturated rings. The average Bonchev–Trinajstić information content (AvgIpc) is 2.91. The van der Waals surface area contributed by atoms with Gasteiger partial charge in [-0.2, -0.15) is 0 Å². The molecule has 2 aromatic carbocycles. The average molecular weight is 396 g/mol. The SMILES string of the molecule is Fc1ccc(Cn2ccnc2-c2ccc(I)cc2)c(F)c1. The number of nitrogens with zero attached hydrogens (tertiary/aromatic N) is 2. The van der Waals surface area contributed by atoms with Crippen molar-refractivity contribution in [3.05, 3.63) is 75.6 Å². The molecule has 5 heteroatoms. The minimum absolute atomic E-state index is 0.313. The fraction of sp³-hybridized carbons (Fsp3) is 0.0625. The highest BCUT2D eigenvalue weighted by Gasteiger charge is 2.09. The maximum absolute atomic E-state index is 13.8. The third kappa shape index (κ3) is 3.12. The Morgan fingerprint density at radius 2 is 1.81 bits per heavy atom. The number of rotatable bonds is 3. The highest BCUT2D eigenvalue weighted by Crippen LogP contribution is 2.21. The zero-order valence-electron chi connectivity index (χ0n) is 10.9. The van der Waals surface area contributed by atoms with Gasteiger partial charge in [-0.15, -0.1) is 0 Å². The molecule has 0 amide bonds. The molecule has 0 aliphatic carbocycles. The molecule has 0 unspecified atom stereocenters. The molecule has 1 aromatic heterocycles. The maximum atomic E-state index is 13.8. The van der Waals surface area contributed by atoms with Crippen molar-refractivity contribution in [2.75, 3.05) is 0 Å². The molecule has 0 spiro atoms. The van der Waals surface area contributed by atoms with Crippen LogP contribution in [0.3, 0.4) is 0 Å². The normalized spacial score (nSPS) is 10.8. The summed E-state index contributed by atoms with van der Waals surface area (Å²) in [5.41, 5.74) is 1.39. The van der Waals surface area contributed by atoms with Gasteiger partial charge in [-0.1, -0.05) is 18.2 Å². The Labute approximate surface area is 134 Å². The van der Waals surface area contributed by atoms with E-state index < -0.39 is 11.6 Å². The first-order chi connectivity index (χ1) is 10.1. The zero-order chi connectivity index (χ0) is 14.8. The maximum Gasteiger partial charge on any atom is 0.140 e. The van der Waals surface area contributed by atoms with Gasteiger partial charge in [0.1, 0.15) is 17.5 Å². The van der Waals surface area contributed by atoms with Crippen LogP contribution in [-0.2, 0) is 6.54 Å². The zero-order valence-corrected chi connectivity index (χ0v) is 13.1. The molecule has 21 heavy (non-hydrogen) atoms. The number of hydrogen-bond donors (Lipinski definition) is 0. The van der Waals surface area contributed by atoms with E-state index in [9.17, 15) is 8.78 Å². The van der Waals surface area contributed by atoms with Crippen molar-refractivity contribution in [2.24, 2.45) is 0 Å². The van der Waals surface area contributed by atoms with E-state index >= 15 is 0 Å². The lowest BCUT2D eigenvalue weighted by atomic mass is 10.2. The van der Waals surface area contributed by atoms with Gasteiger partial charge < -0.3 is 4.57 Å². The van der Waals surface area contributed by atoms with Crippen LogP contribution in [0.4, 0.5) is 8.78 Å². The molecule has 3 rings (SSSR count). The fourth-order valence-electron chi connectivity index (χ4n) is 2.13. The van der Waals surface area contributed by atoms with Gasteiger partial charge in [0.2, 0.25) is 0 Å². The Hall–Kier alpha value is -1.76. The summed E-state index contributed by atoms with van der Waals surface area (Å²) in [5, 5.41) is 0. The van der Waals surface area contributed by atoms with E-state index in [2.05, 4.69) is 27.6 Å². The van der Waals surface area contributed by atoms with Crippen molar-refractivity contribution in [1.82, 2.24) is 9.55 Å². The first kappa shape index (κ1) is 14.2. The topological polar surface area (TPSA) is 17.8 Å². The van der Waals surface area contributed by atoms with Crippen molar-refractivity contribution >= 4 is 22.6 Å². The predicted octanol–water partition coefficient (Wildman–Crippen LogP) is 4.48. The van der Waals surface area contributed by atoms with Gasteiger partial charge in [0.15, 0.2) is 0 Å². The number of aromatic nitrogens is 2. The van der Waals surface area contributed by atoms with Gasteiger partial charge in [0.25, 0.3) is 0 Å². The van der Waals surface area contributed by atoms with Crippen LogP contribution in [0.2, 0.25) is 0 Å². The lowest BCUT2D eigenvalue weighted by molar-refractivity contribution is 0.566. The molecule has 0 bridgehead atoms. The summed E-state index contributed by atoms with van der Waals surface area (Å²) in [6.45, 7) is 0.313. The van der Waals surface area contributed by atoms with E-state index in [0.717, 1.165) is 21.0 Å². The standard InChI is InChI=1S/C16H11F2IN2/c17-13-4-1-12(15(18)9-13)10-21-8-7-20-16(21)11-2-5-14(19)6-3-11/h1-9H,10H2. The van der Waals surface area contributed by atoms with Gasteiger partial charge in [0, 0.05) is 33.2 Å². The van der Waals surface area contributed by atoms with Gasteiger partial charge in [-0.05, 0) is 40.8 Å². The molecule has 0 saturated heterocycles. The van der Waals surface area contributed by atoms with E-state index in [0.29, 0.717) is 12.1 Å². The van der Waals surface area contributed by atoms with E-state index in [1.165, 1.54) is 12.1 Å². The molecule has 0 radical (unpaired) electrons. The molecule has 0 N–H and O–H groups in total. The summed E-state index contributed by atoms with van der Waals surface area (Å²) in [6, 6.07) is 11.6. The van der Waals surface area contributed by atoms with Crippen molar-refractivity contribution in [2.45, 2.75) is 6.54 Å². The lowest BCUT2D eigenvalue weighted by Crippen LogP contribution is -2.03. The highest BCUT2D eigenvalue weighted by molar-refractivity contribution is 14.1. The third-order valence-corrected chi connectivity index (χ3v) is 3.89. The van der Waals surface area contributed by atoms with Crippen LogP contribution >= 0.6 is 22.6 Å². The lowest BCUT2D eigenvalue weighted by Gasteiger charge is -2.09. The summed E-state index contributed by atoms with van der Waals surface area (Å²) in [4.78, 5) is 4.32. The van der Waals surface area contributed by atoms with Crippen LogP contribution in [0, 0.1) is 15.2 Å². The van der Waals surface area contributed by atoms with Crippen LogP contribution in [0.25, 0.3) is 11.4 Å². The molecule has 1 heterocycles. The molecular weight excluding hydrogens is 385 g/mol. The first-order valence-corrected chi connectivity index (χ1v) is 7.42. The van der Waals surface area contributed by atoms with Crippen molar-refractivity contribution < 1.29 is 8.78 Å². The third-order valence-electron chi connectivity index (χ3n) is 3.17. The molecule has 2 nitrogen and oxygen atoms in total. The smallest absolute Gasteiger partial charge is 0.140 e. The van der Waals surface area contributed by atoms with Gasteiger partial charge in [-0.3, -0.25) is 0 Å².